The maximum atomic E-state index is 12.6. The van der Waals surface area contributed by atoms with E-state index in [1.807, 2.05) is 17.2 Å². The largest absolute Gasteiger partial charge is 0.337 e. The van der Waals surface area contributed by atoms with Crippen molar-refractivity contribution in [1.82, 2.24) is 9.88 Å². The molecule has 3 nitrogen and oxygen atoms in total. The molecule has 2 aromatic rings. The fourth-order valence-electron chi connectivity index (χ4n) is 3.44. The van der Waals surface area contributed by atoms with Crippen LogP contribution in [0, 0.1) is 5.92 Å². The van der Waals surface area contributed by atoms with Gasteiger partial charge in [-0.05, 0) is 48.4 Å². The summed E-state index contributed by atoms with van der Waals surface area (Å²) in [6, 6.07) is 6.22. The van der Waals surface area contributed by atoms with Crippen molar-refractivity contribution in [2.24, 2.45) is 5.92 Å². The second-order valence-corrected chi connectivity index (χ2v) is 7.74. The monoisotopic (exact) mass is 312 g/mol. The quantitative estimate of drug-likeness (QED) is 0.850. The van der Waals surface area contributed by atoms with E-state index in [0.29, 0.717) is 5.92 Å². The van der Waals surface area contributed by atoms with E-state index in [1.54, 1.807) is 17.5 Å². The molecule has 0 N–H and O–H groups in total. The number of fused-ring (bicyclic) bond motifs is 1. The molecule has 1 aliphatic heterocycles. The number of aromatic nitrogens is 1. The Bertz CT molecular complexity index is 688. The standard InChI is InChI=1S/C18H20N2OS/c1-12-4-5-16-14(7-12)8-17(22-16)18(21)20-10-15(11-20)13-3-2-6-19-9-13/h2-3,6,8-9,12,15H,4-5,7,10-11H2,1H3. The molecule has 1 amide bonds. The van der Waals surface area contributed by atoms with Crippen molar-refractivity contribution in [3.05, 3.63) is 51.5 Å². The van der Waals surface area contributed by atoms with Crippen molar-refractivity contribution in [2.75, 3.05) is 13.1 Å². The number of thiophene rings is 1. The summed E-state index contributed by atoms with van der Waals surface area (Å²) in [4.78, 5) is 21.1. The first-order valence-corrected chi connectivity index (χ1v) is 8.83. The van der Waals surface area contributed by atoms with E-state index < -0.39 is 0 Å². The Labute approximate surface area is 135 Å². The SMILES string of the molecule is CC1CCc2sc(C(=O)N3CC(c4cccnc4)C3)cc2C1. The second kappa shape index (κ2) is 5.51. The molecule has 0 radical (unpaired) electrons. The van der Waals surface area contributed by atoms with E-state index in [9.17, 15) is 4.79 Å². The predicted molar refractivity (Wildman–Crippen MR) is 88.4 cm³/mol. The molecule has 1 fully saturated rings. The van der Waals surface area contributed by atoms with Gasteiger partial charge in [-0.15, -0.1) is 11.3 Å². The van der Waals surface area contributed by atoms with Crippen LogP contribution in [0.15, 0.2) is 30.6 Å². The molecule has 1 saturated heterocycles. The number of likely N-dealkylation sites (tertiary alicyclic amines) is 1. The van der Waals surface area contributed by atoms with Gasteiger partial charge >= 0.3 is 0 Å². The molecule has 1 unspecified atom stereocenters. The van der Waals surface area contributed by atoms with Crippen molar-refractivity contribution in [3.8, 4) is 0 Å². The Kier molecular flexibility index (Phi) is 3.49. The van der Waals surface area contributed by atoms with Crippen molar-refractivity contribution >= 4 is 17.2 Å². The van der Waals surface area contributed by atoms with E-state index in [4.69, 9.17) is 0 Å². The first-order valence-electron chi connectivity index (χ1n) is 8.01. The third-order valence-electron chi connectivity index (χ3n) is 4.86. The van der Waals surface area contributed by atoms with Gasteiger partial charge in [0, 0.05) is 36.3 Å². The molecule has 0 aromatic carbocycles. The Balaban J connectivity index is 1.44. The molecule has 4 heteroatoms. The zero-order chi connectivity index (χ0) is 15.1. The predicted octanol–water partition coefficient (Wildman–Crippen LogP) is 3.51. The third kappa shape index (κ3) is 2.45. The van der Waals surface area contributed by atoms with Gasteiger partial charge in [0.1, 0.15) is 0 Å². The van der Waals surface area contributed by atoms with Crippen LogP contribution in [0.3, 0.4) is 0 Å². The molecule has 22 heavy (non-hydrogen) atoms. The smallest absolute Gasteiger partial charge is 0.263 e. The fourth-order valence-corrected chi connectivity index (χ4v) is 4.62. The summed E-state index contributed by atoms with van der Waals surface area (Å²) >= 11 is 1.72. The van der Waals surface area contributed by atoms with Gasteiger partial charge in [-0.3, -0.25) is 9.78 Å². The van der Waals surface area contributed by atoms with Crippen molar-refractivity contribution in [3.63, 3.8) is 0 Å². The molecule has 2 aliphatic rings. The molecule has 1 atom stereocenters. The summed E-state index contributed by atoms with van der Waals surface area (Å²) in [7, 11) is 0. The first-order chi connectivity index (χ1) is 10.7. The van der Waals surface area contributed by atoms with Crippen molar-refractivity contribution in [2.45, 2.75) is 32.1 Å². The number of hydrogen-bond donors (Lipinski definition) is 0. The van der Waals surface area contributed by atoms with Crippen LogP contribution in [0.4, 0.5) is 0 Å². The normalized spacial score (nSPS) is 21.3. The van der Waals surface area contributed by atoms with Crippen LogP contribution in [0.5, 0.6) is 0 Å². The van der Waals surface area contributed by atoms with Gasteiger partial charge in [-0.1, -0.05) is 13.0 Å². The molecule has 0 bridgehead atoms. The summed E-state index contributed by atoms with van der Waals surface area (Å²) in [5.74, 6) is 1.42. The number of hydrogen-bond acceptors (Lipinski definition) is 3. The molecule has 3 heterocycles. The Morgan fingerprint density at radius 3 is 3.05 bits per heavy atom. The van der Waals surface area contributed by atoms with Crippen LogP contribution in [0.25, 0.3) is 0 Å². The number of nitrogens with zero attached hydrogens (tertiary/aromatic N) is 2. The Morgan fingerprint density at radius 2 is 2.27 bits per heavy atom. The lowest BCUT2D eigenvalue weighted by Crippen LogP contribution is -2.48. The van der Waals surface area contributed by atoms with Gasteiger partial charge < -0.3 is 4.90 Å². The number of pyridine rings is 1. The summed E-state index contributed by atoms with van der Waals surface area (Å²) in [5, 5.41) is 0. The first kappa shape index (κ1) is 13.9. The van der Waals surface area contributed by atoms with Crippen LogP contribution in [-0.4, -0.2) is 28.9 Å². The second-order valence-electron chi connectivity index (χ2n) is 6.60. The molecular weight excluding hydrogens is 292 g/mol. The highest BCUT2D eigenvalue weighted by atomic mass is 32.1. The molecular formula is C18H20N2OS. The van der Waals surface area contributed by atoms with Crippen LogP contribution in [0.1, 0.15) is 44.9 Å². The minimum atomic E-state index is 0.215. The van der Waals surface area contributed by atoms with E-state index in [-0.39, 0.29) is 5.91 Å². The van der Waals surface area contributed by atoms with Crippen LogP contribution < -0.4 is 0 Å². The van der Waals surface area contributed by atoms with Crippen LogP contribution in [0.2, 0.25) is 0 Å². The number of carbonyl (C=O) groups is 1. The molecule has 0 spiro atoms. The zero-order valence-corrected chi connectivity index (χ0v) is 13.6. The maximum absolute atomic E-state index is 12.6. The van der Waals surface area contributed by atoms with Crippen LogP contribution in [-0.2, 0) is 12.8 Å². The van der Waals surface area contributed by atoms with Crippen molar-refractivity contribution < 1.29 is 4.79 Å². The van der Waals surface area contributed by atoms with Gasteiger partial charge in [-0.2, -0.15) is 0 Å². The summed E-state index contributed by atoms with van der Waals surface area (Å²) < 4.78 is 0. The number of aryl methyl sites for hydroxylation is 1. The summed E-state index contributed by atoms with van der Waals surface area (Å²) in [5.41, 5.74) is 2.65. The van der Waals surface area contributed by atoms with E-state index in [1.165, 1.54) is 22.4 Å². The summed E-state index contributed by atoms with van der Waals surface area (Å²) in [6.07, 6.45) is 7.25. The zero-order valence-electron chi connectivity index (χ0n) is 12.8. The number of rotatable bonds is 2. The molecule has 2 aromatic heterocycles. The minimum absolute atomic E-state index is 0.215. The maximum Gasteiger partial charge on any atom is 0.263 e. The van der Waals surface area contributed by atoms with Gasteiger partial charge in [0.2, 0.25) is 0 Å². The molecule has 114 valence electrons. The highest BCUT2D eigenvalue weighted by Crippen LogP contribution is 2.34. The number of carbonyl (C=O) groups excluding carboxylic acids is 1. The highest BCUT2D eigenvalue weighted by molar-refractivity contribution is 7.14. The van der Waals surface area contributed by atoms with Gasteiger partial charge in [0.15, 0.2) is 0 Å². The summed E-state index contributed by atoms with van der Waals surface area (Å²) in [6.45, 7) is 3.95. The minimum Gasteiger partial charge on any atom is -0.337 e. The Hall–Kier alpha value is -1.68. The van der Waals surface area contributed by atoms with Gasteiger partial charge in [0.25, 0.3) is 5.91 Å². The lowest BCUT2D eigenvalue weighted by Gasteiger charge is -2.39. The molecule has 1 aliphatic carbocycles. The van der Waals surface area contributed by atoms with Gasteiger partial charge in [-0.25, -0.2) is 0 Å². The number of amides is 1. The van der Waals surface area contributed by atoms with Crippen LogP contribution >= 0.6 is 11.3 Å². The van der Waals surface area contributed by atoms with Gasteiger partial charge in [0.05, 0.1) is 4.88 Å². The van der Waals surface area contributed by atoms with E-state index in [0.717, 1.165) is 36.7 Å². The average Bonchev–Trinajstić information content (AvgIpc) is 2.89. The van der Waals surface area contributed by atoms with Crippen molar-refractivity contribution in [1.29, 1.82) is 0 Å². The van der Waals surface area contributed by atoms with E-state index in [2.05, 4.69) is 24.0 Å². The van der Waals surface area contributed by atoms with E-state index >= 15 is 0 Å². The molecule has 4 rings (SSSR count). The average molecular weight is 312 g/mol. The lowest BCUT2D eigenvalue weighted by atomic mass is 9.90. The highest BCUT2D eigenvalue weighted by Gasteiger charge is 2.33. The Morgan fingerprint density at radius 1 is 1.41 bits per heavy atom. The lowest BCUT2D eigenvalue weighted by molar-refractivity contribution is 0.0607. The third-order valence-corrected chi connectivity index (χ3v) is 6.09. The topological polar surface area (TPSA) is 33.2 Å². The fraction of sp³-hybridized carbons (Fsp3) is 0.444. The molecule has 0 saturated carbocycles.